The molecule has 0 unspecified atom stereocenters. The number of ether oxygens (including phenoxy) is 6. The second kappa shape index (κ2) is 20.2. The van der Waals surface area contributed by atoms with Gasteiger partial charge in [0, 0.05) is 50.4 Å². The van der Waals surface area contributed by atoms with Crippen LogP contribution in [0.15, 0.2) is 34.1 Å². The Morgan fingerprint density at radius 2 is 0.872 bits per heavy atom. The Morgan fingerprint density at radius 3 is 1.15 bits per heavy atom. The van der Waals surface area contributed by atoms with E-state index in [1.807, 2.05) is 0 Å². The molecule has 2 N–H and O–H groups in total. The highest BCUT2D eigenvalue weighted by molar-refractivity contribution is 7.89. The number of benzene rings is 2. The van der Waals surface area contributed by atoms with Crippen LogP contribution in [-0.2, 0) is 20.0 Å². The van der Waals surface area contributed by atoms with Gasteiger partial charge in [0.2, 0.25) is 31.5 Å². The fraction of sp³-hybridized carbons (Fsp3) is 0.586. The standard InChI is InChI=1S/C29H46N4O10S2.2ClH/c1-38-24-18-22(19-25(39-2)28(24)42-5)44(34,35)30-10-7-12-32-14-9-15-33(17-16-32)13-8-11-31-45(36,37)23-20-26(40-3)29(43-6)27(21-23)41-4;;/h18-21,30-31H,7-17H2,1-6H3;2*1H. The van der Waals surface area contributed by atoms with Crippen molar-refractivity contribution in [2.45, 2.75) is 29.1 Å². The normalized spacial score (nSPS) is 14.3. The molecule has 1 aliphatic heterocycles. The molecule has 1 aliphatic rings. The number of nitrogens with zero attached hydrogens (tertiary/aromatic N) is 2. The highest BCUT2D eigenvalue weighted by Crippen LogP contribution is 2.40. The third-order valence-corrected chi connectivity index (χ3v) is 10.3. The molecule has 0 bridgehead atoms. The molecule has 14 nitrogen and oxygen atoms in total. The van der Waals surface area contributed by atoms with Gasteiger partial charge in [-0.2, -0.15) is 0 Å². The van der Waals surface area contributed by atoms with Crippen LogP contribution < -0.4 is 37.9 Å². The van der Waals surface area contributed by atoms with Crippen molar-refractivity contribution in [3.63, 3.8) is 0 Å². The number of sulfonamides is 2. The first kappa shape index (κ1) is 42.6. The third-order valence-electron chi connectivity index (χ3n) is 7.46. The Morgan fingerprint density at radius 1 is 0.553 bits per heavy atom. The molecular formula is C29H48Cl2N4O10S2. The average Bonchev–Trinajstić information content (AvgIpc) is 3.28. The molecule has 0 radical (unpaired) electrons. The molecule has 2 aromatic rings. The van der Waals surface area contributed by atoms with Gasteiger partial charge in [0.05, 0.1) is 52.4 Å². The minimum absolute atomic E-state index is 0. The van der Waals surface area contributed by atoms with Gasteiger partial charge in [-0.05, 0) is 45.4 Å². The van der Waals surface area contributed by atoms with Gasteiger partial charge in [-0.15, -0.1) is 24.8 Å². The number of hydrogen-bond donors (Lipinski definition) is 2. The van der Waals surface area contributed by atoms with Crippen LogP contribution >= 0.6 is 24.8 Å². The first-order chi connectivity index (χ1) is 21.5. The molecule has 18 heteroatoms. The van der Waals surface area contributed by atoms with Crippen LogP contribution in [-0.4, -0.2) is 122 Å². The van der Waals surface area contributed by atoms with E-state index in [-0.39, 0.29) is 70.7 Å². The van der Waals surface area contributed by atoms with Crippen molar-refractivity contribution in [2.24, 2.45) is 0 Å². The number of hydrogen-bond acceptors (Lipinski definition) is 12. The zero-order valence-corrected chi connectivity index (χ0v) is 31.0. The summed E-state index contributed by atoms with van der Waals surface area (Å²) in [6.07, 6.45) is 2.26. The van der Waals surface area contributed by atoms with Gasteiger partial charge in [-0.3, -0.25) is 0 Å². The molecule has 0 atom stereocenters. The molecule has 0 spiro atoms. The van der Waals surface area contributed by atoms with Gasteiger partial charge in [-0.1, -0.05) is 0 Å². The fourth-order valence-electron chi connectivity index (χ4n) is 5.08. The van der Waals surface area contributed by atoms with Crippen molar-refractivity contribution in [3.8, 4) is 34.5 Å². The lowest BCUT2D eigenvalue weighted by atomic mass is 10.3. The first-order valence-electron chi connectivity index (χ1n) is 14.6. The summed E-state index contributed by atoms with van der Waals surface area (Å²) < 4.78 is 88.7. The Balaban J connectivity index is 0.00000552. The van der Waals surface area contributed by atoms with Crippen LogP contribution in [0.5, 0.6) is 34.5 Å². The van der Waals surface area contributed by atoms with Gasteiger partial charge < -0.3 is 38.2 Å². The van der Waals surface area contributed by atoms with Crippen LogP contribution in [0.25, 0.3) is 0 Å². The van der Waals surface area contributed by atoms with Crippen LogP contribution in [0.1, 0.15) is 19.3 Å². The number of methoxy groups -OCH3 is 6. The highest BCUT2D eigenvalue weighted by Gasteiger charge is 2.23. The van der Waals surface area contributed by atoms with Crippen LogP contribution in [0, 0.1) is 0 Å². The Hall–Kier alpha value is -2.44. The quantitative estimate of drug-likeness (QED) is 0.216. The zero-order chi connectivity index (χ0) is 33.0. The summed E-state index contributed by atoms with van der Waals surface area (Å²) in [5.41, 5.74) is 0. The van der Waals surface area contributed by atoms with E-state index < -0.39 is 20.0 Å². The maximum Gasteiger partial charge on any atom is 0.240 e. The van der Waals surface area contributed by atoms with Gasteiger partial charge in [0.15, 0.2) is 23.0 Å². The van der Waals surface area contributed by atoms with E-state index in [0.29, 0.717) is 24.3 Å². The largest absolute Gasteiger partial charge is 0.493 e. The lowest BCUT2D eigenvalue weighted by Crippen LogP contribution is -2.34. The fourth-order valence-corrected chi connectivity index (χ4v) is 7.29. The summed E-state index contributed by atoms with van der Waals surface area (Å²) in [6.45, 7) is 5.57. The second-order valence-electron chi connectivity index (χ2n) is 10.3. The summed E-state index contributed by atoms with van der Waals surface area (Å²) in [7, 11) is 1.10. The van der Waals surface area contributed by atoms with Crippen LogP contribution in [0.2, 0.25) is 0 Å². The number of rotatable bonds is 18. The zero-order valence-electron chi connectivity index (χ0n) is 27.7. The lowest BCUT2D eigenvalue weighted by molar-refractivity contribution is 0.253. The minimum Gasteiger partial charge on any atom is -0.493 e. The lowest BCUT2D eigenvalue weighted by Gasteiger charge is -2.22. The average molecular weight is 748 g/mol. The molecular weight excluding hydrogens is 699 g/mol. The van der Waals surface area contributed by atoms with Gasteiger partial charge in [0.25, 0.3) is 0 Å². The summed E-state index contributed by atoms with van der Waals surface area (Å²) in [5.74, 6) is 1.71. The molecule has 2 aromatic carbocycles. The molecule has 3 rings (SSSR count). The summed E-state index contributed by atoms with van der Waals surface area (Å²) in [4.78, 5) is 4.71. The summed E-state index contributed by atoms with van der Waals surface area (Å²) in [6, 6.07) is 5.63. The van der Waals surface area contributed by atoms with E-state index in [0.717, 1.165) is 45.7 Å². The van der Waals surface area contributed by atoms with Crippen molar-refractivity contribution in [1.29, 1.82) is 0 Å². The maximum atomic E-state index is 12.9. The topological polar surface area (TPSA) is 154 Å². The second-order valence-corrected chi connectivity index (χ2v) is 13.8. The molecule has 0 aromatic heterocycles. The Kier molecular flexibility index (Phi) is 18.3. The van der Waals surface area contributed by atoms with E-state index >= 15 is 0 Å². The molecule has 47 heavy (non-hydrogen) atoms. The van der Waals surface area contributed by atoms with Crippen LogP contribution in [0.4, 0.5) is 0 Å². The van der Waals surface area contributed by atoms with E-state index in [9.17, 15) is 16.8 Å². The first-order valence-corrected chi connectivity index (χ1v) is 17.5. The van der Waals surface area contributed by atoms with E-state index in [2.05, 4.69) is 19.2 Å². The van der Waals surface area contributed by atoms with Crippen molar-refractivity contribution >= 4 is 44.9 Å². The van der Waals surface area contributed by atoms with Gasteiger partial charge in [-0.25, -0.2) is 26.3 Å². The van der Waals surface area contributed by atoms with Crippen molar-refractivity contribution in [3.05, 3.63) is 24.3 Å². The molecule has 1 saturated heterocycles. The van der Waals surface area contributed by atoms with Crippen LogP contribution in [0.3, 0.4) is 0 Å². The van der Waals surface area contributed by atoms with Crippen molar-refractivity contribution in [1.82, 2.24) is 19.2 Å². The molecule has 0 amide bonds. The van der Waals surface area contributed by atoms with Crippen molar-refractivity contribution in [2.75, 3.05) is 95.0 Å². The SMILES string of the molecule is COc1cc(S(=O)(=O)NCCCN2CCCN(CCCNS(=O)(=O)c3cc(OC)c(OC)c(OC)c3)CC2)cc(OC)c1OC.Cl.Cl. The smallest absolute Gasteiger partial charge is 0.240 e. The molecule has 270 valence electrons. The predicted molar refractivity (Wildman–Crippen MR) is 184 cm³/mol. The van der Waals surface area contributed by atoms with E-state index in [4.69, 9.17) is 28.4 Å². The molecule has 0 aliphatic carbocycles. The monoisotopic (exact) mass is 746 g/mol. The number of halogens is 2. The van der Waals surface area contributed by atoms with E-state index in [1.165, 1.54) is 66.9 Å². The summed E-state index contributed by atoms with van der Waals surface area (Å²) >= 11 is 0. The molecule has 1 heterocycles. The highest BCUT2D eigenvalue weighted by atomic mass is 35.5. The minimum atomic E-state index is -3.78. The van der Waals surface area contributed by atoms with Crippen molar-refractivity contribution < 1.29 is 45.3 Å². The molecule has 0 saturated carbocycles. The van der Waals surface area contributed by atoms with E-state index in [1.54, 1.807) is 0 Å². The predicted octanol–water partition coefficient (Wildman–Crippen LogP) is 2.63. The Bertz CT molecular complexity index is 1320. The molecule has 1 fully saturated rings. The third kappa shape index (κ3) is 11.6. The Labute approximate surface area is 291 Å². The number of nitrogens with one attached hydrogen (secondary N) is 2. The van der Waals surface area contributed by atoms with Gasteiger partial charge in [0.1, 0.15) is 0 Å². The van der Waals surface area contributed by atoms with Gasteiger partial charge >= 0.3 is 0 Å². The summed E-state index contributed by atoms with van der Waals surface area (Å²) in [5, 5.41) is 0. The maximum absolute atomic E-state index is 12.9.